The zero-order valence-corrected chi connectivity index (χ0v) is 17.8. The third-order valence-corrected chi connectivity index (χ3v) is 6.65. The topological polar surface area (TPSA) is 74.2 Å². The van der Waals surface area contributed by atoms with Crippen molar-refractivity contribution in [2.75, 3.05) is 12.3 Å². The van der Waals surface area contributed by atoms with E-state index in [4.69, 9.17) is 10.7 Å². The number of rotatable bonds is 12. The Labute approximate surface area is 166 Å². The molecule has 1 aliphatic rings. The van der Waals surface area contributed by atoms with Crippen LogP contribution in [0.2, 0.25) is 0 Å². The quantitative estimate of drug-likeness (QED) is 0.155. The summed E-state index contributed by atoms with van der Waals surface area (Å²) in [7, 11) is -0.484. The van der Waals surface area contributed by atoms with Crippen LogP contribution in [0.15, 0.2) is 53.8 Å². The first-order valence-electron chi connectivity index (χ1n) is 9.97. The maximum Gasteiger partial charge on any atom is 0.127 e. The van der Waals surface area contributed by atoms with Crippen LogP contribution in [-0.4, -0.2) is 24.2 Å². The van der Waals surface area contributed by atoms with Crippen LogP contribution in [-0.2, 0) is 0 Å². The van der Waals surface area contributed by atoms with Gasteiger partial charge in [-0.2, -0.15) is 5.26 Å². The highest BCUT2D eigenvalue weighted by atomic mass is 31.1. The minimum Gasteiger partial charge on any atom is -0.383 e. The van der Waals surface area contributed by atoms with Crippen LogP contribution in [0.1, 0.15) is 52.4 Å². The van der Waals surface area contributed by atoms with E-state index in [9.17, 15) is 5.26 Å². The van der Waals surface area contributed by atoms with E-state index >= 15 is 0 Å². The van der Waals surface area contributed by atoms with Crippen molar-refractivity contribution in [2.45, 2.75) is 58.4 Å². The number of hydrogen-bond acceptors (Lipinski definition) is 3. The van der Waals surface area contributed by atoms with Crippen molar-refractivity contribution in [3.8, 4) is 5.81 Å². The van der Waals surface area contributed by atoms with Crippen LogP contribution < -0.4 is 11.1 Å². The minimum absolute atomic E-state index is 0.300. The van der Waals surface area contributed by atoms with Crippen LogP contribution in [0.5, 0.6) is 0 Å². The monoisotopic (exact) mass is 386 g/mol. The fourth-order valence-corrected chi connectivity index (χ4v) is 4.81. The molecule has 3 unspecified atom stereocenters. The molecule has 1 saturated carbocycles. The molecule has 0 bridgehead atoms. The summed E-state index contributed by atoms with van der Waals surface area (Å²) in [6, 6.07) is 0.300. The Morgan fingerprint density at radius 3 is 2.85 bits per heavy atom. The summed E-state index contributed by atoms with van der Waals surface area (Å²) in [5.74, 6) is 3.80. The molecule has 3 N–H and O–H groups in total. The maximum absolute atomic E-state index is 9.36. The van der Waals surface area contributed by atoms with Gasteiger partial charge in [0.2, 0.25) is 0 Å². The molecule has 1 rings (SSSR count). The Bertz CT molecular complexity index is 598. The molecule has 148 valence electrons. The second-order valence-corrected chi connectivity index (χ2v) is 9.04. The third-order valence-electron chi connectivity index (χ3n) is 4.77. The number of nitrogens with two attached hydrogens (primary N) is 1. The number of nitriles is 1. The van der Waals surface area contributed by atoms with Gasteiger partial charge in [-0.25, -0.2) is 0 Å². The molecule has 0 amide bonds. The SMILES string of the molecule is C=CN/C=C(/C=C/CC)C(N)=NC1CCC(CCP(C#N)CC/C=C/C)C1. The Hall–Kier alpha value is -1.85. The summed E-state index contributed by atoms with van der Waals surface area (Å²) in [4.78, 5) is 4.77. The van der Waals surface area contributed by atoms with Crippen molar-refractivity contribution in [3.05, 3.63) is 48.9 Å². The molecular formula is C22H35N4P. The van der Waals surface area contributed by atoms with Crippen LogP contribution in [0.4, 0.5) is 0 Å². The normalized spacial score (nSPS) is 22.3. The van der Waals surface area contributed by atoms with Crippen molar-refractivity contribution in [2.24, 2.45) is 16.6 Å². The van der Waals surface area contributed by atoms with Crippen LogP contribution in [0.25, 0.3) is 0 Å². The summed E-state index contributed by atoms with van der Waals surface area (Å²) in [6.45, 7) is 7.79. The number of hydrogen-bond donors (Lipinski definition) is 2. The van der Waals surface area contributed by atoms with Gasteiger partial charge in [-0.1, -0.05) is 37.8 Å². The molecule has 0 aromatic rings. The standard InChI is InChI=1S/C22H35N4P/c1-4-7-9-14-27(18-23)15-13-19-11-12-21(16-19)26-22(24)20(10-8-5-2)17-25-6-3/h4,6-8,10,17,19,21,25H,3,5,9,11-16H2,1-2H3,(H2,24,26)/b7-4+,10-8+,20-17-. The smallest absolute Gasteiger partial charge is 0.127 e. The Kier molecular flexibility index (Phi) is 12.2. The zero-order chi connectivity index (χ0) is 19.9. The summed E-state index contributed by atoms with van der Waals surface area (Å²) >= 11 is 0. The minimum atomic E-state index is -0.484. The van der Waals surface area contributed by atoms with Gasteiger partial charge in [0.15, 0.2) is 0 Å². The van der Waals surface area contributed by atoms with Gasteiger partial charge in [0.05, 0.1) is 11.9 Å². The van der Waals surface area contributed by atoms with Crippen LogP contribution in [0.3, 0.4) is 0 Å². The van der Waals surface area contributed by atoms with E-state index in [1.165, 1.54) is 6.42 Å². The predicted octanol–water partition coefficient (Wildman–Crippen LogP) is 5.41. The number of nitrogens with zero attached hydrogens (tertiary/aromatic N) is 2. The average Bonchev–Trinajstić information content (AvgIpc) is 3.11. The maximum atomic E-state index is 9.36. The summed E-state index contributed by atoms with van der Waals surface area (Å²) in [6.07, 6.45) is 20.4. The van der Waals surface area contributed by atoms with E-state index in [0.717, 1.165) is 50.0 Å². The number of nitrogens with one attached hydrogen (secondary N) is 1. The summed E-state index contributed by atoms with van der Waals surface area (Å²) in [5, 5.41) is 12.4. The molecular weight excluding hydrogens is 351 g/mol. The molecule has 27 heavy (non-hydrogen) atoms. The highest BCUT2D eigenvalue weighted by Crippen LogP contribution is 2.39. The Morgan fingerprint density at radius 1 is 1.37 bits per heavy atom. The summed E-state index contributed by atoms with van der Waals surface area (Å²) in [5.41, 5.74) is 7.15. The first kappa shape index (κ1) is 23.2. The predicted molar refractivity (Wildman–Crippen MR) is 120 cm³/mol. The lowest BCUT2D eigenvalue weighted by Crippen LogP contribution is -2.18. The van der Waals surface area contributed by atoms with Crippen LogP contribution >= 0.6 is 7.92 Å². The van der Waals surface area contributed by atoms with E-state index in [1.54, 1.807) is 6.20 Å². The molecule has 1 fully saturated rings. The van der Waals surface area contributed by atoms with E-state index < -0.39 is 7.92 Å². The molecule has 1 aliphatic carbocycles. The lowest BCUT2D eigenvalue weighted by molar-refractivity contribution is 0.523. The molecule has 0 saturated heterocycles. The first-order chi connectivity index (χ1) is 13.1. The van der Waals surface area contributed by atoms with Crippen molar-refractivity contribution in [1.82, 2.24) is 5.32 Å². The lowest BCUT2D eigenvalue weighted by atomic mass is 10.1. The van der Waals surface area contributed by atoms with Gasteiger partial charge in [0.25, 0.3) is 0 Å². The highest BCUT2D eigenvalue weighted by molar-refractivity contribution is 7.62. The molecule has 0 aliphatic heterocycles. The zero-order valence-electron chi connectivity index (χ0n) is 16.9. The van der Waals surface area contributed by atoms with Crippen molar-refractivity contribution in [3.63, 3.8) is 0 Å². The molecule has 0 radical (unpaired) electrons. The molecule has 0 aromatic carbocycles. The molecule has 0 aromatic heterocycles. The number of allylic oxidation sites excluding steroid dienone is 3. The molecule has 0 heterocycles. The number of aliphatic imine (C=N–C) groups is 1. The van der Waals surface area contributed by atoms with Gasteiger partial charge in [-0.05, 0) is 69.9 Å². The van der Waals surface area contributed by atoms with Gasteiger partial charge in [0, 0.05) is 19.7 Å². The Balaban J connectivity index is 2.55. The fourth-order valence-electron chi connectivity index (χ4n) is 3.25. The van der Waals surface area contributed by atoms with Crippen molar-refractivity contribution in [1.29, 1.82) is 5.26 Å². The van der Waals surface area contributed by atoms with E-state index in [1.807, 2.05) is 19.2 Å². The largest absolute Gasteiger partial charge is 0.383 e. The summed E-state index contributed by atoms with van der Waals surface area (Å²) < 4.78 is 0. The van der Waals surface area contributed by atoms with Gasteiger partial charge in [0.1, 0.15) is 5.84 Å². The average molecular weight is 387 g/mol. The second-order valence-electron chi connectivity index (χ2n) is 6.86. The third kappa shape index (κ3) is 9.59. The molecule has 4 nitrogen and oxygen atoms in total. The van der Waals surface area contributed by atoms with Crippen molar-refractivity contribution < 1.29 is 0 Å². The second kappa shape index (κ2) is 14.2. The van der Waals surface area contributed by atoms with Gasteiger partial charge < -0.3 is 11.1 Å². The molecule has 0 spiro atoms. The number of amidine groups is 1. The van der Waals surface area contributed by atoms with E-state index in [2.05, 4.69) is 42.9 Å². The van der Waals surface area contributed by atoms with E-state index in [-0.39, 0.29) is 0 Å². The molecule has 5 heteroatoms. The lowest BCUT2D eigenvalue weighted by Gasteiger charge is -2.13. The Morgan fingerprint density at radius 2 is 2.19 bits per heavy atom. The van der Waals surface area contributed by atoms with Gasteiger partial charge >= 0.3 is 0 Å². The highest BCUT2D eigenvalue weighted by Gasteiger charge is 2.25. The van der Waals surface area contributed by atoms with Gasteiger partial charge in [-0.15, -0.1) is 0 Å². The fraction of sp³-hybridized carbons (Fsp3) is 0.545. The van der Waals surface area contributed by atoms with Crippen LogP contribution in [0, 0.1) is 17.0 Å². The van der Waals surface area contributed by atoms with Crippen molar-refractivity contribution >= 4 is 13.8 Å². The van der Waals surface area contributed by atoms with E-state index in [0.29, 0.717) is 17.8 Å². The molecule has 3 atom stereocenters. The first-order valence-corrected chi connectivity index (χ1v) is 11.7. The van der Waals surface area contributed by atoms with Gasteiger partial charge in [-0.3, -0.25) is 4.99 Å².